The number of hydrogen-bond acceptors (Lipinski definition) is 4. The fraction of sp³-hybridized carbons (Fsp3) is 0.364. The standard InChI is InChI=1S/C11H14ClNO4S/c12-9-2-4-10(5-3-9)18(16,17)8-11(15)13-6-1-7-14/h2-5,14H,1,6-8H2,(H,13,15). The van der Waals surface area contributed by atoms with Gasteiger partial charge in [-0.1, -0.05) is 11.6 Å². The van der Waals surface area contributed by atoms with E-state index in [2.05, 4.69) is 5.32 Å². The van der Waals surface area contributed by atoms with Crippen LogP contribution < -0.4 is 5.32 Å². The molecule has 0 fully saturated rings. The van der Waals surface area contributed by atoms with Crippen LogP contribution in [0.2, 0.25) is 5.02 Å². The van der Waals surface area contributed by atoms with Gasteiger partial charge >= 0.3 is 0 Å². The molecule has 0 aliphatic rings. The van der Waals surface area contributed by atoms with E-state index in [-0.39, 0.29) is 18.0 Å². The molecule has 0 unspecified atom stereocenters. The van der Waals surface area contributed by atoms with Gasteiger partial charge in [0, 0.05) is 18.2 Å². The summed E-state index contributed by atoms with van der Waals surface area (Å²) >= 11 is 5.65. The summed E-state index contributed by atoms with van der Waals surface area (Å²) in [7, 11) is -3.65. The minimum absolute atomic E-state index is 0.0514. The largest absolute Gasteiger partial charge is 0.396 e. The van der Waals surface area contributed by atoms with Crippen LogP contribution in [0.25, 0.3) is 0 Å². The van der Waals surface area contributed by atoms with Crippen molar-refractivity contribution >= 4 is 27.3 Å². The first kappa shape index (κ1) is 14.9. The molecule has 1 rings (SSSR count). The monoisotopic (exact) mass is 291 g/mol. The highest BCUT2D eigenvalue weighted by Crippen LogP contribution is 2.15. The van der Waals surface area contributed by atoms with Crippen LogP contribution in [0, 0.1) is 0 Å². The van der Waals surface area contributed by atoms with E-state index in [1.165, 1.54) is 24.3 Å². The van der Waals surface area contributed by atoms with E-state index in [9.17, 15) is 13.2 Å². The Labute approximate surface area is 111 Å². The maximum absolute atomic E-state index is 11.8. The van der Waals surface area contributed by atoms with Crippen LogP contribution in [-0.2, 0) is 14.6 Å². The third-order valence-electron chi connectivity index (χ3n) is 2.15. The highest BCUT2D eigenvalue weighted by Gasteiger charge is 2.18. The van der Waals surface area contributed by atoms with E-state index in [1.54, 1.807) is 0 Å². The van der Waals surface area contributed by atoms with Gasteiger partial charge in [0.05, 0.1) is 4.90 Å². The molecule has 7 heteroatoms. The second-order valence-corrected chi connectivity index (χ2v) is 6.07. The van der Waals surface area contributed by atoms with Crippen molar-refractivity contribution in [3.8, 4) is 0 Å². The molecule has 1 aromatic rings. The van der Waals surface area contributed by atoms with Gasteiger partial charge < -0.3 is 10.4 Å². The van der Waals surface area contributed by atoms with Crippen molar-refractivity contribution in [1.82, 2.24) is 5.32 Å². The Morgan fingerprint density at radius 2 is 1.89 bits per heavy atom. The summed E-state index contributed by atoms with van der Waals surface area (Å²) in [6.45, 7) is 0.204. The predicted molar refractivity (Wildman–Crippen MR) is 68.2 cm³/mol. The fourth-order valence-corrected chi connectivity index (χ4v) is 2.55. The first-order chi connectivity index (χ1) is 8.45. The number of aliphatic hydroxyl groups excluding tert-OH is 1. The molecule has 5 nitrogen and oxygen atoms in total. The van der Waals surface area contributed by atoms with Gasteiger partial charge in [-0.15, -0.1) is 0 Å². The molecule has 100 valence electrons. The molecular weight excluding hydrogens is 278 g/mol. The smallest absolute Gasteiger partial charge is 0.235 e. The number of halogens is 1. The van der Waals surface area contributed by atoms with E-state index in [4.69, 9.17) is 16.7 Å². The zero-order chi connectivity index (χ0) is 13.6. The fourth-order valence-electron chi connectivity index (χ4n) is 1.26. The number of benzene rings is 1. The molecule has 1 aromatic carbocycles. The molecule has 0 aliphatic carbocycles. The molecule has 1 amide bonds. The molecule has 0 atom stereocenters. The summed E-state index contributed by atoms with van der Waals surface area (Å²) in [6.07, 6.45) is 0.396. The van der Waals surface area contributed by atoms with Crippen molar-refractivity contribution in [2.75, 3.05) is 18.9 Å². The number of rotatable bonds is 6. The van der Waals surface area contributed by atoms with Gasteiger partial charge in [-0.05, 0) is 30.7 Å². The quantitative estimate of drug-likeness (QED) is 0.752. The van der Waals surface area contributed by atoms with Gasteiger partial charge in [0.2, 0.25) is 5.91 Å². The zero-order valence-corrected chi connectivity index (χ0v) is 11.2. The van der Waals surface area contributed by atoms with E-state index in [1.807, 2.05) is 0 Å². The van der Waals surface area contributed by atoms with Crippen molar-refractivity contribution in [2.45, 2.75) is 11.3 Å². The van der Waals surface area contributed by atoms with Crippen LogP contribution in [0.15, 0.2) is 29.2 Å². The van der Waals surface area contributed by atoms with Crippen molar-refractivity contribution in [3.05, 3.63) is 29.3 Å². The van der Waals surface area contributed by atoms with Crippen molar-refractivity contribution < 1.29 is 18.3 Å². The first-order valence-electron chi connectivity index (χ1n) is 5.31. The minimum Gasteiger partial charge on any atom is -0.396 e. The topological polar surface area (TPSA) is 83.5 Å². The van der Waals surface area contributed by atoms with Crippen molar-refractivity contribution in [3.63, 3.8) is 0 Å². The van der Waals surface area contributed by atoms with Gasteiger partial charge in [0.15, 0.2) is 9.84 Å². The van der Waals surface area contributed by atoms with E-state index < -0.39 is 21.5 Å². The predicted octanol–water partition coefficient (Wildman–Crippen LogP) is 0.612. The second-order valence-electron chi connectivity index (χ2n) is 3.64. The normalized spacial score (nSPS) is 11.2. The van der Waals surface area contributed by atoms with Crippen molar-refractivity contribution in [2.24, 2.45) is 0 Å². The molecule has 18 heavy (non-hydrogen) atoms. The number of carbonyl (C=O) groups excluding carboxylic acids is 1. The lowest BCUT2D eigenvalue weighted by atomic mass is 10.4. The van der Waals surface area contributed by atoms with Crippen LogP contribution in [0.1, 0.15) is 6.42 Å². The summed E-state index contributed by atoms with van der Waals surface area (Å²) in [5.74, 6) is -1.20. The number of sulfone groups is 1. The second kappa shape index (κ2) is 6.72. The van der Waals surface area contributed by atoms with Crippen LogP contribution in [-0.4, -0.2) is 38.3 Å². The van der Waals surface area contributed by atoms with Crippen LogP contribution in [0.4, 0.5) is 0 Å². The highest BCUT2D eigenvalue weighted by atomic mass is 35.5. The van der Waals surface area contributed by atoms with Crippen LogP contribution >= 0.6 is 11.6 Å². The molecule has 0 heterocycles. The van der Waals surface area contributed by atoms with Crippen molar-refractivity contribution in [1.29, 1.82) is 0 Å². The Morgan fingerprint density at radius 3 is 2.44 bits per heavy atom. The molecule has 0 saturated heterocycles. The Morgan fingerprint density at radius 1 is 1.28 bits per heavy atom. The van der Waals surface area contributed by atoms with E-state index in [0.29, 0.717) is 11.4 Å². The number of nitrogens with one attached hydrogen (secondary N) is 1. The highest BCUT2D eigenvalue weighted by molar-refractivity contribution is 7.92. The summed E-state index contributed by atoms with van der Waals surface area (Å²) < 4.78 is 23.7. The Balaban J connectivity index is 2.64. The maximum Gasteiger partial charge on any atom is 0.235 e. The van der Waals surface area contributed by atoms with Crippen LogP contribution in [0.3, 0.4) is 0 Å². The summed E-state index contributed by atoms with van der Waals surface area (Å²) in [5, 5.41) is 11.4. The van der Waals surface area contributed by atoms with Crippen LogP contribution in [0.5, 0.6) is 0 Å². The molecule has 0 aromatic heterocycles. The summed E-state index contributed by atoms with van der Waals surface area (Å²) in [6, 6.07) is 5.63. The van der Waals surface area contributed by atoms with Gasteiger partial charge in [-0.2, -0.15) is 0 Å². The third kappa shape index (κ3) is 4.64. The molecule has 0 radical (unpaired) electrons. The lowest BCUT2D eigenvalue weighted by Gasteiger charge is -2.05. The SMILES string of the molecule is O=C(CS(=O)(=O)c1ccc(Cl)cc1)NCCCO. The Kier molecular flexibility index (Phi) is 5.58. The number of hydrogen-bond donors (Lipinski definition) is 2. The molecule has 2 N–H and O–H groups in total. The molecule has 0 saturated carbocycles. The molecular formula is C11H14ClNO4S. The molecule has 0 spiro atoms. The average Bonchev–Trinajstić information content (AvgIpc) is 2.29. The lowest BCUT2D eigenvalue weighted by Crippen LogP contribution is -2.31. The zero-order valence-electron chi connectivity index (χ0n) is 9.60. The third-order valence-corrected chi connectivity index (χ3v) is 4.04. The minimum atomic E-state index is -3.65. The van der Waals surface area contributed by atoms with Gasteiger partial charge in [0.1, 0.15) is 5.75 Å². The number of amides is 1. The average molecular weight is 292 g/mol. The summed E-state index contributed by atoms with van der Waals surface area (Å²) in [4.78, 5) is 11.4. The lowest BCUT2D eigenvalue weighted by molar-refractivity contribution is -0.118. The Hall–Kier alpha value is -1.11. The maximum atomic E-state index is 11.8. The molecule has 0 bridgehead atoms. The van der Waals surface area contributed by atoms with Gasteiger partial charge in [-0.25, -0.2) is 8.42 Å². The van der Waals surface area contributed by atoms with Gasteiger partial charge in [0.25, 0.3) is 0 Å². The molecule has 0 aliphatic heterocycles. The van der Waals surface area contributed by atoms with E-state index in [0.717, 1.165) is 0 Å². The van der Waals surface area contributed by atoms with E-state index >= 15 is 0 Å². The summed E-state index contributed by atoms with van der Waals surface area (Å²) in [5.41, 5.74) is 0. The number of aliphatic hydroxyl groups is 1. The first-order valence-corrected chi connectivity index (χ1v) is 7.34. The number of carbonyl (C=O) groups is 1. The Bertz CT molecular complexity index is 498. The van der Waals surface area contributed by atoms with Gasteiger partial charge in [-0.3, -0.25) is 4.79 Å².